The molecule has 0 spiro atoms. The Kier molecular flexibility index (Phi) is 17.6. The molecule has 0 aliphatic rings. The monoisotopic (exact) mass is 263 g/mol. The second-order valence-corrected chi connectivity index (χ2v) is 2.99. The zero-order valence-corrected chi connectivity index (χ0v) is 9.16. The smallest absolute Gasteiger partial charge is 1.00 e. The summed E-state index contributed by atoms with van der Waals surface area (Å²) in [5.74, 6) is 0. The van der Waals surface area contributed by atoms with Crippen LogP contribution in [0.1, 0.15) is 1.43 Å². The van der Waals surface area contributed by atoms with Gasteiger partial charge in [0.1, 0.15) is 0 Å². The summed E-state index contributed by atoms with van der Waals surface area (Å²) < 4.78 is 14.2. The Hall–Kier alpha value is 1.41. The van der Waals surface area contributed by atoms with Gasteiger partial charge in [0.15, 0.2) is 0 Å². The van der Waals surface area contributed by atoms with E-state index < -0.39 is 15.1 Å². The molecule has 0 fully saturated rings. The molecule has 0 rings (SSSR count). The summed E-state index contributed by atoms with van der Waals surface area (Å²) in [7, 11) is 4.72. The van der Waals surface area contributed by atoms with Gasteiger partial charge in [0, 0.05) is 21.3 Å². The molecule has 0 bridgehead atoms. The summed E-state index contributed by atoms with van der Waals surface area (Å²) in [5, 5.41) is 0. The standard InChI is InChI=1S/3CH3O.Al.BrH.Cu.H/c3*1-2;;;;/h3*1H3;;1H;;/q3*-1;+3;;+2;-1/p-1. The van der Waals surface area contributed by atoms with Gasteiger partial charge in [-0.15, -0.1) is 0 Å². The van der Waals surface area contributed by atoms with E-state index in [9.17, 15) is 0 Å². The van der Waals surface area contributed by atoms with Crippen molar-refractivity contribution in [3.63, 3.8) is 0 Å². The van der Waals surface area contributed by atoms with Crippen LogP contribution in [-0.2, 0) is 25.6 Å². The largest absolute Gasteiger partial charge is 1.00 e. The Bertz CT molecular complexity index is 45.2. The van der Waals surface area contributed by atoms with Crippen LogP contribution in [0.3, 0.4) is 0 Å². The molecule has 0 saturated carbocycles. The third-order valence-electron chi connectivity index (χ3n) is 0.577. The second-order valence-electron chi connectivity index (χ2n) is 0.996. The van der Waals surface area contributed by atoms with Crippen molar-refractivity contribution in [2.24, 2.45) is 0 Å². The first kappa shape index (κ1) is 13.0. The Labute approximate surface area is 77.4 Å². The molecule has 9 heavy (non-hydrogen) atoms. The number of rotatable bonds is 3. The third kappa shape index (κ3) is 9.41. The molecule has 0 unspecified atom stereocenters. The Balaban J connectivity index is -0.000000149. The van der Waals surface area contributed by atoms with Crippen molar-refractivity contribution in [2.75, 3.05) is 21.3 Å². The van der Waals surface area contributed by atoms with Crippen LogP contribution < -0.4 is 0 Å². The topological polar surface area (TPSA) is 27.7 Å². The molecule has 0 aromatic heterocycles. The van der Waals surface area contributed by atoms with Gasteiger partial charge in [-0.25, -0.2) is 0 Å². The normalized spacial score (nSPS) is 7.78. The molecule has 6 heteroatoms. The van der Waals surface area contributed by atoms with Crippen molar-refractivity contribution in [3.05, 3.63) is 0 Å². The summed E-state index contributed by atoms with van der Waals surface area (Å²) in [6, 6.07) is 0. The van der Waals surface area contributed by atoms with Gasteiger partial charge >= 0.3 is 43.5 Å². The Morgan fingerprint density at radius 3 is 1.33 bits per heavy atom. The van der Waals surface area contributed by atoms with Crippen LogP contribution in [0.25, 0.3) is 0 Å². The van der Waals surface area contributed by atoms with E-state index in [1.54, 1.807) is 21.3 Å². The zero-order chi connectivity index (χ0) is 7.70. The molecule has 0 saturated heterocycles. The molecule has 0 N–H and O–H groups in total. The van der Waals surface area contributed by atoms with Crippen molar-refractivity contribution in [3.8, 4) is 0 Å². The van der Waals surface area contributed by atoms with Crippen LogP contribution in [0.15, 0.2) is 0 Å². The second kappa shape index (κ2) is 12.1. The molecular weight excluding hydrogens is 254 g/mol. The van der Waals surface area contributed by atoms with Crippen molar-refractivity contribution in [2.45, 2.75) is 0 Å². The van der Waals surface area contributed by atoms with Gasteiger partial charge in [0.25, 0.3) is 0 Å². The van der Waals surface area contributed by atoms with Crippen molar-refractivity contribution in [1.29, 1.82) is 0 Å². The molecule has 0 atom stereocenters. The van der Waals surface area contributed by atoms with Gasteiger partial charge in [-0.1, -0.05) is 0 Å². The molecule has 0 radical (unpaired) electrons. The Morgan fingerprint density at radius 1 is 1.11 bits per heavy atom. The van der Waals surface area contributed by atoms with Gasteiger partial charge in [0.05, 0.1) is 0 Å². The van der Waals surface area contributed by atoms with Crippen molar-refractivity contribution < 1.29 is 27.0 Å². The summed E-state index contributed by atoms with van der Waals surface area (Å²) >= 11 is 4.83. The van der Waals surface area contributed by atoms with E-state index >= 15 is 0 Å². The minimum absolute atomic E-state index is 0. The van der Waals surface area contributed by atoms with E-state index in [0.717, 1.165) is 0 Å². The third-order valence-corrected chi connectivity index (χ3v) is 1.73. The predicted molar refractivity (Wildman–Crippen MR) is 36.8 cm³/mol. The van der Waals surface area contributed by atoms with E-state index in [0.29, 0.717) is 0 Å². The van der Waals surface area contributed by atoms with Crippen molar-refractivity contribution >= 4 is 29.3 Å². The van der Waals surface area contributed by atoms with Crippen LogP contribution in [0.4, 0.5) is 0 Å². The quantitative estimate of drug-likeness (QED) is 0.708. The van der Waals surface area contributed by atoms with Crippen LogP contribution >= 0.6 is 14.1 Å². The fourth-order valence-corrected chi connectivity index (χ4v) is 0.866. The summed E-state index contributed by atoms with van der Waals surface area (Å²) in [5.41, 5.74) is 0. The average molecular weight is 265 g/mol. The first-order chi connectivity index (χ1) is 4.35. The fraction of sp³-hybridized carbons (Fsp3) is 1.00. The minimum atomic E-state index is -1.67. The average Bonchev–Trinajstić information content (AvgIpc) is 1.96. The summed E-state index contributed by atoms with van der Waals surface area (Å²) in [4.78, 5) is 0. The minimum Gasteiger partial charge on any atom is -1.00 e. The van der Waals surface area contributed by atoms with E-state index in [-0.39, 0.29) is 1.43 Å². The van der Waals surface area contributed by atoms with Crippen molar-refractivity contribution in [1.82, 2.24) is 0 Å². The van der Waals surface area contributed by atoms with Gasteiger partial charge in [-0.05, 0) is 0 Å². The van der Waals surface area contributed by atoms with Crippen LogP contribution in [0, 0.1) is 0 Å². The maximum atomic E-state index is 4.74. The maximum Gasteiger partial charge on any atom is -1.00 e. The first-order valence-electron chi connectivity index (χ1n) is 2.05. The van der Waals surface area contributed by atoms with Gasteiger partial charge in [0.2, 0.25) is 0 Å². The van der Waals surface area contributed by atoms with Gasteiger partial charge in [-0.2, -0.15) is 0 Å². The van der Waals surface area contributed by atoms with Crippen LogP contribution in [-0.4, -0.2) is 36.5 Å². The predicted octanol–water partition coefficient (Wildman–Crippen LogP) is 0.866. The van der Waals surface area contributed by atoms with Gasteiger partial charge < -0.3 is 12.8 Å². The molecule has 0 aromatic carbocycles. The molecular formula is C3H10AlBrCuO3. The molecule has 61 valence electrons. The number of hydrogen-bond acceptors (Lipinski definition) is 3. The van der Waals surface area contributed by atoms with E-state index in [1.807, 2.05) is 0 Å². The van der Waals surface area contributed by atoms with Gasteiger partial charge in [-0.3, -0.25) is 0 Å². The van der Waals surface area contributed by atoms with Crippen LogP contribution in [0.2, 0.25) is 0 Å². The SMILES string of the molecule is C[O][Al]([O]C)[O]C.[Cu+][Br].[H-]. The molecule has 3 nitrogen and oxygen atoms in total. The zero-order valence-electron chi connectivity index (χ0n) is 6.48. The van der Waals surface area contributed by atoms with E-state index in [4.69, 9.17) is 11.4 Å². The fourth-order valence-electron chi connectivity index (χ4n) is 0.289. The maximum absolute atomic E-state index is 4.74. The van der Waals surface area contributed by atoms with E-state index in [1.165, 1.54) is 0 Å². The van der Waals surface area contributed by atoms with E-state index in [2.05, 4.69) is 28.3 Å². The molecule has 0 heterocycles. The number of halogens is 1. The van der Waals surface area contributed by atoms with Crippen LogP contribution in [0.5, 0.6) is 0 Å². The molecule has 0 aliphatic heterocycles. The Morgan fingerprint density at radius 2 is 1.33 bits per heavy atom. The number of hydrogen-bond donors (Lipinski definition) is 0. The molecule has 0 aliphatic carbocycles. The first-order valence-corrected chi connectivity index (χ1v) is 5.79. The molecule has 0 aromatic rings. The summed E-state index contributed by atoms with van der Waals surface area (Å²) in [6.45, 7) is 0. The summed E-state index contributed by atoms with van der Waals surface area (Å²) in [6.07, 6.45) is 0. The molecule has 0 amide bonds.